The molecule has 1 unspecified atom stereocenters. The van der Waals surface area contributed by atoms with E-state index >= 15 is 0 Å². The quantitative estimate of drug-likeness (QED) is 0.807. The summed E-state index contributed by atoms with van der Waals surface area (Å²) in [6, 6.07) is 8.15. The van der Waals surface area contributed by atoms with Gasteiger partial charge in [-0.15, -0.1) is 0 Å². The van der Waals surface area contributed by atoms with Crippen molar-refractivity contribution in [3.05, 3.63) is 35.9 Å². The van der Waals surface area contributed by atoms with Crippen molar-refractivity contribution >= 4 is 11.9 Å². The molecule has 0 aliphatic carbocycles. The van der Waals surface area contributed by atoms with Crippen LogP contribution in [0, 0.1) is 0 Å². The fraction of sp³-hybridized carbons (Fsp3) is 0.500. The van der Waals surface area contributed by atoms with Crippen LogP contribution in [0.5, 0.6) is 0 Å². The molecule has 0 aliphatic heterocycles. The van der Waals surface area contributed by atoms with Crippen LogP contribution in [0.15, 0.2) is 30.3 Å². The molecule has 0 radical (unpaired) electrons. The number of carboxylic acid groups (broad SMARTS) is 1. The number of carboxylic acids is 1. The Morgan fingerprint density at radius 2 is 1.62 bits per heavy atom. The third kappa shape index (κ3) is 4.86. The number of carbonyl (C=O) groups is 2. The SMILES string of the molecule is CC(C)N(C(=O)CNC(C(=O)O)c1ccccc1)C(C)C. The molecular weight excluding hydrogens is 268 g/mol. The predicted molar refractivity (Wildman–Crippen MR) is 81.9 cm³/mol. The summed E-state index contributed by atoms with van der Waals surface area (Å²) < 4.78 is 0. The normalized spacial score (nSPS) is 12.5. The molecule has 0 aromatic heterocycles. The van der Waals surface area contributed by atoms with Crippen LogP contribution in [-0.2, 0) is 9.59 Å². The number of aliphatic carboxylic acids is 1. The van der Waals surface area contributed by atoms with E-state index in [2.05, 4.69) is 5.32 Å². The van der Waals surface area contributed by atoms with Gasteiger partial charge < -0.3 is 10.0 Å². The van der Waals surface area contributed by atoms with E-state index in [9.17, 15) is 14.7 Å². The molecule has 1 aromatic carbocycles. The van der Waals surface area contributed by atoms with Crippen LogP contribution >= 0.6 is 0 Å². The molecule has 0 heterocycles. The molecule has 0 bridgehead atoms. The largest absolute Gasteiger partial charge is 0.480 e. The van der Waals surface area contributed by atoms with Crippen LogP contribution in [0.2, 0.25) is 0 Å². The van der Waals surface area contributed by atoms with Crippen LogP contribution < -0.4 is 5.32 Å². The molecule has 116 valence electrons. The number of hydrogen-bond donors (Lipinski definition) is 2. The molecule has 5 nitrogen and oxygen atoms in total. The van der Waals surface area contributed by atoms with Crippen molar-refractivity contribution in [1.82, 2.24) is 10.2 Å². The maximum Gasteiger partial charge on any atom is 0.325 e. The van der Waals surface area contributed by atoms with E-state index in [1.165, 1.54) is 0 Å². The van der Waals surface area contributed by atoms with Gasteiger partial charge in [0.05, 0.1) is 6.54 Å². The van der Waals surface area contributed by atoms with Crippen LogP contribution in [0.25, 0.3) is 0 Å². The van der Waals surface area contributed by atoms with Crippen molar-refractivity contribution in [1.29, 1.82) is 0 Å². The van der Waals surface area contributed by atoms with E-state index in [4.69, 9.17) is 0 Å². The molecule has 0 saturated heterocycles. The summed E-state index contributed by atoms with van der Waals surface area (Å²) in [4.78, 5) is 25.4. The Labute approximate surface area is 126 Å². The Kier molecular flexibility index (Phi) is 6.37. The topological polar surface area (TPSA) is 69.6 Å². The summed E-state index contributed by atoms with van der Waals surface area (Å²) >= 11 is 0. The van der Waals surface area contributed by atoms with Crippen molar-refractivity contribution in [3.63, 3.8) is 0 Å². The summed E-state index contributed by atoms with van der Waals surface area (Å²) in [7, 11) is 0. The molecule has 1 atom stereocenters. The molecule has 0 spiro atoms. The molecule has 2 N–H and O–H groups in total. The van der Waals surface area contributed by atoms with Gasteiger partial charge in [0, 0.05) is 12.1 Å². The Hall–Kier alpha value is -1.88. The molecule has 5 heteroatoms. The minimum absolute atomic E-state index is 0.00220. The summed E-state index contributed by atoms with van der Waals surface area (Å²) in [6.45, 7) is 7.79. The van der Waals surface area contributed by atoms with Crippen molar-refractivity contribution in [2.45, 2.75) is 45.8 Å². The number of hydrogen-bond acceptors (Lipinski definition) is 3. The van der Waals surface area contributed by atoms with Gasteiger partial charge in [-0.1, -0.05) is 30.3 Å². The van der Waals surface area contributed by atoms with E-state index < -0.39 is 12.0 Å². The Morgan fingerprint density at radius 1 is 1.10 bits per heavy atom. The average Bonchev–Trinajstić information content (AvgIpc) is 2.38. The summed E-state index contributed by atoms with van der Waals surface area (Å²) in [5, 5.41) is 12.1. The van der Waals surface area contributed by atoms with E-state index in [0.717, 1.165) is 0 Å². The van der Waals surface area contributed by atoms with Gasteiger partial charge >= 0.3 is 5.97 Å². The maximum atomic E-state index is 12.3. The van der Waals surface area contributed by atoms with Gasteiger partial charge in [0.25, 0.3) is 0 Å². The standard InChI is InChI=1S/C16H24N2O3/c1-11(2)18(12(3)4)14(19)10-17-15(16(20)21)13-8-6-5-7-9-13/h5-9,11-12,15,17H,10H2,1-4H3,(H,20,21). The molecule has 0 aliphatic rings. The van der Waals surface area contributed by atoms with Gasteiger partial charge in [-0.05, 0) is 33.3 Å². The van der Waals surface area contributed by atoms with Crippen molar-refractivity contribution in [2.75, 3.05) is 6.54 Å². The van der Waals surface area contributed by atoms with Gasteiger partial charge in [-0.3, -0.25) is 14.9 Å². The number of benzene rings is 1. The molecule has 21 heavy (non-hydrogen) atoms. The molecule has 1 aromatic rings. The first-order valence-corrected chi connectivity index (χ1v) is 7.17. The smallest absolute Gasteiger partial charge is 0.325 e. The summed E-state index contributed by atoms with van der Waals surface area (Å²) in [5.41, 5.74) is 0.637. The Balaban J connectivity index is 2.74. The van der Waals surface area contributed by atoms with Crippen molar-refractivity contribution in [2.24, 2.45) is 0 Å². The fourth-order valence-corrected chi connectivity index (χ4v) is 2.45. The highest BCUT2D eigenvalue weighted by atomic mass is 16.4. The number of amides is 1. The van der Waals surface area contributed by atoms with E-state index in [-0.39, 0.29) is 24.5 Å². The highest BCUT2D eigenvalue weighted by molar-refractivity contribution is 5.81. The number of carbonyl (C=O) groups excluding carboxylic acids is 1. The van der Waals surface area contributed by atoms with Crippen LogP contribution in [-0.4, -0.2) is 40.5 Å². The third-order valence-electron chi connectivity index (χ3n) is 3.24. The zero-order valence-corrected chi connectivity index (χ0v) is 13.0. The highest BCUT2D eigenvalue weighted by Gasteiger charge is 2.24. The maximum absolute atomic E-state index is 12.3. The highest BCUT2D eigenvalue weighted by Crippen LogP contribution is 2.13. The molecular formula is C16H24N2O3. The monoisotopic (exact) mass is 292 g/mol. The van der Waals surface area contributed by atoms with Gasteiger partial charge in [-0.2, -0.15) is 0 Å². The first kappa shape index (κ1) is 17.2. The second kappa shape index (κ2) is 7.78. The Morgan fingerprint density at radius 3 is 2.05 bits per heavy atom. The second-order valence-electron chi connectivity index (χ2n) is 5.55. The lowest BCUT2D eigenvalue weighted by Gasteiger charge is -2.31. The van der Waals surface area contributed by atoms with Gasteiger partial charge in [0.1, 0.15) is 6.04 Å². The predicted octanol–water partition coefficient (Wildman–Crippen LogP) is 2.05. The fourth-order valence-electron chi connectivity index (χ4n) is 2.45. The minimum Gasteiger partial charge on any atom is -0.480 e. The van der Waals surface area contributed by atoms with E-state index in [1.54, 1.807) is 29.2 Å². The number of rotatable bonds is 7. The van der Waals surface area contributed by atoms with Gasteiger partial charge in [0.15, 0.2) is 0 Å². The molecule has 1 rings (SSSR count). The van der Waals surface area contributed by atoms with Gasteiger partial charge in [0.2, 0.25) is 5.91 Å². The minimum atomic E-state index is -0.991. The first-order chi connectivity index (χ1) is 9.84. The van der Waals surface area contributed by atoms with Crippen LogP contribution in [0.1, 0.15) is 39.3 Å². The lowest BCUT2D eigenvalue weighted by Crippen LogP contribution is -2.47. The van der Waals surface area contributed by atoms with Crippen molar-refractivity contribution < 1.29 is 14.7 Å². The number of nitrogens with one attached hydrogen (secondary N) is 1. The lowest BCUT2D eigenvalue weighted by molar-refractivity contribution is -0.140. The first-order valence-electron chi connectivity index (χ1n) is 7.17. The number of nitrogens with zero attached hydrogens (tertiary/aromatic N) is 1. The van der Waals surface area contributed by atoms with Crippen LogP contribution in [0.4, 0.5) is 0 Å². The van der Waals surface area contributed by atoms with Crippen LogP contribution in [0.3, 0.4) is 0 Å². The lowest BCUT2D eigenvalue weighted by atomic mass is 10.1. The summed E-state index contributed by atoms with van der Waals surface area (Å²) in [5.74, 6) is -1.09. The third-order valence-corrected chi connectivity index (χ3v) is 3.24. The van der Waals surface area contributed by atoms with E-state index in [1.807, 2.05) is 33.8 Å². The second-order valence-corrected chi connectivity index (χ2v) is 5.55. The van der Waals surface area contributed by atoms with E-state index in [0.29, 0.717) is 5.56 Å². The molecule has 0 saturated carbocycles. The Bertz CT molecular complexity index is 464. The summed E-state index contributed by atoms with van der Waals surface area (Å²) in [6.07, 6.45) is 0. The van der Waals surface area contributed by atoms with Gasteiger partial charge in [-0.25, -0.2) is 0 Å². The molecule has 1 amide bonds. The zero-order chi connectivity index (χ0) is 16.0. The molecule has 0 fully saturated rings. The van der Waals surface area contributed by atoms with Crippen molar-refractivity contribution in [3.8, 4) is 0 Å². The zero-order valence-electron chi connectivity index (χ0n) is 13.0. The average molecular weight is 292 g/mol.